The van der Waals surface area contributed by atoms with Crippen LogP contribution in [-0.2, 0) is 0 Å². The van der Waals surface area contributed by atoms with Crippen molar-refractivity contribution >= 4 is 23.1 Å². The Kier molecular flexibility index (Phi) is 4.55. The van der Waals surface area contributed by atoms with Crippen LogP contribution in [0.25, 0.3) is 0 Å². The monoisotopic (exact) mass is 244 g/mol. The van der Waals surface area contributed by atoms with Crippen LogP contribution in [0.1, 0.15) is 13.8 Å². The van der Waals surface area contributed by atoms with E-state index in [1.54, 1.807) is 12.1 Å². The maximum Gasteiger partial charge on any atom is 0.152 e. The van der Waals surface area contributed by atoms with E-state index in [4.69, 9.17) is 22.1 Å². The summed E-state index contributed by atoms with van der Waals surface area (Å²) >= 11 is 5.49. The second kappa shape index (κ2) is 5.70. The molecule has 0 bridgehead atoms. The van der Waals surface area contributed by atoms with Crippen molar-refractivity contribution in [2.24, 2.45) is 10.7 Å². The molecule has 0 aliphatic rings. The normalized spacial score (nSPS) is 11.9. The Morgan fingerprint density at radius 1 is 1.56 bits per heavy atom. The van der Waals surface area contributed by atoms with E-state index in [0.29, 0.717) is 5.75 Å². The van der Waals surface area contributed by atoms with Gasteiger partial charge in [-0.25, -0.2) is 9.38 Å². The number of halogens is 2. The minimum Gasteiger partial charge on any atom is -0.489 e. The molecule has 1 aromatic rings. The average molecular weight is 245 g/mol. The second-order valence-electron chi connectivity index (χ2n) is 3.49. The highest BCUT2D eigenvalue weighted by atomic mass is 35.5. The lowest BCUT2D eigenvalue weighted by molar-refractivity contribution is 0.242. The number of ether oxygens (including phenoxy) is 1. The fourth-order valence-corrected chi connectivity index (χ4v) is 1.19. The summed E-state index contributed by atoms with van der Waals surface area (Å²) < 4.78 is 18.9. The van der Waals surface area contributed by atoms with Crippen LogP contribution in [0.3, 0.4) is 0 Å². The zero-order valence-corrected chi connectivity index (χ0v) is 9.96. The van der Waals surface area contributed by atoms with Gasteiger partial charge in [-0.15, -0.1) is 11.6 Å². The number of hydrogen-bond donors (Lipinski definition) is 1. The van der Waals surface area contributed by atoms with E-state index in [0.717, 1.165) is 0 Å². The topological polar surface area (TPSA) is 47.6 Å². The van der Waals surface area contributed by atoms with Crippen molar-refractivity contribution < 1.29 is 9.13 Å². The summed E-state index contributed by atoms with van der Waals surface area (Å²) in [4.78, 5) is 3.89. The molecule has 0 amide bonds. The molecule has 0 radical (unpaired) electrons. The molecule has 2 N–H and O–H groups in total. The Morgan fingerprint density at radius 3 is 2.81 bits per heavy atom. The van der Waals surface area contributed by atoms with Crippen molar-refractivity contribution in [3.8, 4) is 5.75 Å². The van der Waals surface area contributed by atoms with E-state index in [9.17, 15) is 4.39 Å². The Labute approximate surface area is 99.1 Å². The first-order valence-corrected chi connectivity index (χ1v) is 5.42. The number of alkyl halides is 1. The average Bonchev–Trinajstić information content (AvgIpc) is 2.22. The molecule has 0 atom stereocenters. The first-order chi connectivity index (χ1) is 7.54. The molecule has 0 saturated carbocycles. The maximum atomic E-state index is 13.5. The second-order valence-corrected chi connectivity index (χ2v) is 3.76. The summed E-state index contributed by atoms with van der Waals surface area (Å²) in [6.45, 7) is 3.70. The molecule has 0 unspecified atom stereocenters. The van der Waals surface area contributed by atoms with Crippen molar-refractivity contribution in [1.82, 2.24) is 0 Å². The summed E-state index contributed by atoms with van der Waals surface area (Å²) in [5.41, 5.74) is 5.56. The van der Waals surface area contributed by atoms with Crippen LogP contribution in [0.5, 0.6) is 5.75 Å². The van der Waals surface area contributed by atoms with Crippen molar-refractivity contribution in [1.29, 1.82) is 0 Å². The predicted molar refractivity (Wildman–Crippen MR) is 64.2 cm³/mol. The van der Waals surface area contributed by atoms with E-state index in [2.05, 4.69) is 4.99 Å². The van der Waals surface area contributed by atoms with E-state index in [-0.39, 0.29) is 23.5 Å². The number of nitrogens with two attached hydrogens (primary N) is 1. The zero-order valence-electron chi connectivity index (χ0n) is 9.21. The molecule has 1 rings (SSSR count). The van der Waals surface area contributed by atoms with Gasteiger partial charge in [0.15, 0.2) is 5.82 Å². The number of hydrogen-bond acceptors (Lipinski definition) is 2. The summed E-state index contributed by atoms with van der Waals surface area (Å²) in [6, 6.07) is 4.50. The lowest BCUT2D eigenvalue weighted by atomic mass is 10.2. The number of amidine groups is 1. The Hall–Kier alpha value is -1.29. The van der Waals surface area contributed by atoms with Crippen LogP contribution in [0.2, 0.25) is 0 Å². The SMILES string of the molecule is CC(C)Oc1cccc(F)c1N=C(N)CCl. The third kappa shape index (κ3) is 3.38. The summed E-state index contributed by atoms with van der Waals surface area (Å²) in [5.74, 6) is 0.0878. The Morgan fingerprint density at radius 2 is 2.25 bits per heavy atom. The van der Waals surface area contributed by atoms with Crippen LogP contribution in [0, 0.1) is 5.82 Å². The first-order valence-electron chi connectivity index (χ1n) is 4.88. The molecule has 1 aromatic carbocycles. The lowest BCUT2D eigenvalue weighted by Crippen LogP contribution is -2.13. The molecular weight excluding hydrogens is 231 g/mol. The van der Waals surface area contributed by atoms with Gasteiger partial charge in [-0.2, -0.15) is 0 Å². The van der Waals surface area contributed by atoms with Gasteiger partial charge < -0.3 is 10.5 Å². The quantitative estimate of drug-likeness (QED) is 0.503. The maximum absolute atomic E-state index is 13.5. The minimum atomic E-state index is -0.480. The van der Waals surface area contributed by atoms with Crippen molar-refractivity contribution in [3.05, 3.63) is 24.0 Å². The molecule has 0 heterocycles. The number of aliphatic imine (C=N–C) groups is 1. The van der Waals surface area contributed by atoms with Crippen LogP contribution >= 0.6 is 11.6 Å². The summed E-state index contributed by atoms with van der Waals surface area (Å²) in [5, 5.41) is 0. The highest BCUT2D eigenvalue weighted by molar-refractivity contribution is 6.28. The van der Waals surface area contributed by atoms with Gasteiger partial charge in [0, 0.05) is 0 Å². The molecule has 0 aliphatic carbocycles. The molecule has 3 nitrogen and oxygen atoms in total. The van der Waals surface area contributed by atoms with Gasteiger partial charge in [0.2, 0.25) is 0 Å². The molecular formula is C11H14ClFN2O. The van der Waals surface area contributed by atoms with Gasteiger partial charge in [0.25, 0.3) is 0 Å². The lowest BCUT2D eigenvalue weighted by Gasteiger charge is -2.12. The van der Waals surface area contributed by atoms with E-state index >= 15 is 0 Å². The van der Waals surface area contributed by atoms with Crippen LogP contribution in [0.4, 0.5) is 10.1 Å². The number of rotatable bonds is 4. The first kappa shape index (κ1) is 12.8. The molecule has 0 aromatic heterocycles. The van der Waals surface area contributed by atoms with Crippen molar-refractivity contribution in [3.63, 3.8) is 0 Å². The predicted octanol–water partition coefficient (Wildman–Crippen LogP) is 2.84. The molecule has 0 saturated heterocycles. The van der Waals surface area contributed by atoms with Gasteiger partial charge >= 0.3 is 0 Å². The van der Waals surface area contributed by atoms with Gasteiger partial charge in [-0.05, 0) is 26.0 Å². The fraction of sp³-hybridized carbons (Fsp3) is 0.364. The van der Waals surface area contributed by atoms with Crippen LogP contribution in [-0.4, -0.2) is 17.8 Å². The van der Waals surface area contributed by atoms with E-state index in [1.165, 1.54) is 6.07 Å². The standard InChI is InChI=1S/C11H14ClFN2O/c1-7(2)16-9-5-3-4-8(13)11(9)15-10(14)6-12/h3-5,7H,6H2,1-2H3,(H2,14,15). The number of nitrogens with zero attached hydrogens (tertiary/aromatic N) is 1. The summed E-state index contributed by atoms with van der Waals surface area (Å²) in [6.07, 6.45) is -0.0621. The molecule has 88 valence electrons. The van der Waals surface area contributed by atoms with Crippen LogP contribution in [0.15, 0.2) is 23.2 Å². The smallest absolute Gasteiger partial charge is 0.152 e. The summed E-state index contributed by atoms with van der Waals surface area (Å²) in [7, 11) is 0. The number of benzene rings is 1. The van der Waals surface area contributed by atoms with Gasteiger partial charge in [-0.1, -0.05) is 6.07 Å². The van der Waals surface area contributed by atoms with E-state index < -0.39 is 5.82 Å². The van der Waals surface area contributed by atoms with E-state index in [1.807, 2.05) is 13.8 Å². The fourth-order valence-electron chi connectivity index (χ4n) is 1.13. The minimum absolute atomic E-state index is 0.0510. The molecule has 16 heavy (non-hydrogen) atoms. The largest absolute Gasteiger partial charge is 0.489 e. The molecule has 0 aliphatic heterocycles. The van der Waals surface area contributed by atoms with Crippen LogP contribution < -0.4 is 10.5 Å². The van der Waals surface area contributed by atoms with Crippen molar-refractivity contribution in [2.75, 3.05) is 5.88 Å². The highest BCUT2D eigenvalue weighted by Crippen LogP contribution is 2.31. The third-order valence-corrected chi connectivity index (χ3v) is 1.98. The van der Waals surface area contributed by atoms with Gasteiger partial charge in [0.05, 0.1) is 12.0 Å². The van der Waals surface area contributed by atoms with Gasteiger partial charge in [0.1, 0.15) is 17.3 Å². The molecule has 0 spiro atoms. The third-order valence-electron chi connectivity index (χ3n) is 1.70. The highest BCUT2D eigenvalue weighted by Gasteiger charge is 2.10. The molecule has 0 fully saturated rings. The molecule has 5 heteroatoms. The zero-order chi connectivity index (χ0) is 12.1. The number of para-hydroxylation sites is 1. The Bertz CT molecular complexity index is 394. The Balaban J connectivity index is 3.13. The van der Waals surface area contributed by atoms with Gasteiger partial charge in [-0.3, -0.25) is 0 Å². The van der Waals surface area contributed by atoms with Crippen molar-refractivity contribution in [2.45, 2.75) is 20.0 Å².